The van der Waals surface area contributed by atoms with Crippen molar-refractivity contribution in [3.63, 3.8) is 0 Å². The summed E-state index contributed by atoms with van der Waals surface area (Å²) in [6.07, 6.45) is 0. The smallest absolute Gasteiger partial charge is 0.337 e. The van der Waals surface area contributed by atoms with Crippen LogP contribution in [0.1, 0.15) is 36.6 Å². The van der Waals surface area contributed by atoms with Crippen molar-refractivity contribution in [1.82, 2.24) is 15.2 Å². The molecule has 2 heterocycles. The number of carbonyl (C=O) groups is 4. The third-order valence-electron chi connectivity index (χ3n) is 10.6. The van der Waals surface area contributed by atoms with Crippen LogP contribution in [0.4, 0.5) is 5.69 Å². The summed E-state index contributed by atoms with van der Waals surface area (Å²) in [5.74, 6) is -3.69. The number of amides is 2. The number of phenolic OH excluding ortho intramolecular Hbond substituents is 1. The van der Waals surface area contributed by atoms with Gasteiger partial charge < -0.3 is 40.1 Å². The van der Waals surface area contributed by atoms with E-state index in [1.807, 2.05) is 30.8 Å². The number of aromatic carboxylic acids is 2. The van der Waals surface area contributed by atoms with Crippen molar-refractivity contribution >= 4 is 74.6 Å². The molecule has 0 saturated carbocycles. The number of hydrogen-bond donors (Lipinski definition) is 6. The van der Waals surface area contributed by atoms with Crippen LogP contribution >= 0.6 is 23.2 Å². The Morgan fingerprint density at radius 2 is 1.35 bits per heavy atom. The molecule has 316 valence electrons. The average Bonchev–Trinajstić information content (AvgIpc) is 3.25. The summed E-state index contributed by atoms with van der Waals surface area (Å²) >= 11 is 13.7. The van der Waals surface area contributed by atoms with Gasteiger partial charge in [0.2, 0.25) is 11.3 Å². The van der Waals surface area contributed by atoms with Crippen LogP contribution in [0.2, 0.25) is 10.0 Å². The molecule has 0 fully saturated rings. The second kappa shape index (κ2) is 16.6. The molecule has 4 aromatic carbocycles. The van der Waals surface area contributed by atoms with Crippen molar-refractivity contribution < 1.29 is 43.3 Å². The second-order valence-corrected chi connectivity index (χ2v) is 15.5. The fraction of sp³-hybridized carbons (Fsp3) is 0.106. The normalized spacial score (nSPS) is 11.3. The Morgan fingerprint density at radius 1 is 0.683 bits per heavy atom. The van der Waals surface area contributed by atoms with Crippen molar-refractivity contribution in [3.05, 3.63) is 145 Å². The Kier molecular flexibility index (Phi) is 11.1. The van der Waals surface area contributed by atoms with E-state index >= 15 is 0 Å². The van der Waals surface area contributed by atoms with Gasteiger partial charge in [-0.3, -0.25) is 14.4 Å². The highest BCUT2D eigenvalue weighted by Crippen LogP contribution is 2.47. The molecular weight excluding hydrogens is 851 g/mol. The number of carboxylic acids is 2. The maximum Gasteiger partial charge on any atom is 0.337 e. The number of nitrogens with zero attached hydrogens (tertiary/aromatic N) is 1. The van der Waals surface area contributed by atoms with E-state index < -0.39 is 40.9 Å². The molecule has 2 amide bonds. The van der Waals surface area contributed by atoms with Crippen LogP contribution in [-0.2, 0) is 11.3 Å². The molecule has 0 saturated heterocycles. The first-order valence-electron chi connectivity index (χ1n) is 19.2. The lowest BCUT2D eigenvalue weighted by Gasteiger charge is -2.20. The van der Waals surface area contributed by atoms with E-state index in [9.17, 15) is 39.3 Å². The summed E-state index contributed by atoms with van der Waals surface area (Å²) in [6.45, 7) is -0.686. The summed E-state index contributed by atoms with van der Waals surface area (Å²) in [5, 5.41) is 40.6. The largest absolute Gasteiger partial charge is 0.508 e. The summed E-state index contributed by atoms with van der Waals surface area (Å²) in [4.78, 5) is 64.5. The topological polar surface area (TPSA) is 211 Å². The molecule has 0 unspecified atom stereocenters. The van der Waals surface area contributed by atoms with E-state index in [1.54, 1.807) is 55.6 Å². The van der Waals surface area contributed by atoms with Crippen molar-refractivity contribution in [3.8, 4) is 50.7 Å². The number of aromatic hydroxyl groups is 1. The number of halogens is 2. The fourth-order valence-electron chi connectivity index (χ4n) is 7.58. The zero-order valence-corrected chi connectivity index (χ0v) is 35.1. The number of rotatable bonds is 10. The van der Waals surface area contributed by atoms with E-state index in [0.717, 1.165) is 11.0 Å². The lowest BCUT2D eigenvalue weighted by atomic mass is 9.89. The first-order chi connectivity index (χ1) is 30.1. The SMILES string of the molecule is CNc1ccc2c(-c3c(Cl)cc(C(=O)NCC(=O)NCc4ccc(-c5c6ccc(=O)cc-6oc6cc(O)ccc56)c(C(=O)O)c4)c(Cl)c3C(=O)O)c3ccc(=[N+](C)C)cc-3oc2c1. The second-order valence-electron chi connectivity index (χ2n) is 14.7. The van der Waals surface area contributed by atoms with Gasteiger partial charge in [-0.1, -0.05) is 35.3 Å². The predicted octanol–water partition coefficient (Wildman–Crippen LogP) is 7.61. The van der Waals surface area contributed by atoms with Gasteiger partial charge >= 0.3 is 11.9 Å². The standard InChI is InChI=1S/C47H34Cl2N4O10/c1-50-23-5-10-30-35(15-23)62-36-16-24(53(2)3)6-11-31(36)41(30)42-34(48)19-33(44(49)43(42)47(60)61)45(57)52-21-39(56)51-20-22-4-9-27(32(14-22)46(58)59)40-28-12-7-25(54)17-37(28)63-38-18-26(55)8-13-29(38)40/h4-19H,20-21H2,1-3H3,(H5,51,52,54,55,56,57,58,59,60,61)/p+1. The van der Waals surface area contributed by atoms with Crippen molar-refractivity contribution in [2.45, 2.75) is 6.54 Å². The van der Waals surface area contributed by atoms with Crippen molar-refractivity contribution in [2.24, 2.45) is 0 Å². The summed E-state index contributed by atoms with van der Waals surface area (Å²) < 4.78 is 14.1. The highest BCUT2D eigenvalue weighted by Gasteiger charge is 2.30. The molecule has 0 aromatic heterocycles. The number of fused-ring (bicyclic) bond motifs is 4. The first-order valence-corrected chi connectivity index (χ1v) is 19.9. The number of phenols is 1. The molecule has 4 aromatic rings. The summed E-state index contributed by atoms with van der Waals surface area (Å²) in [5.41, 5.74) is 2.94. The fourth-order valence-corrected chi connectivity index (χ4v) is 8.20. The minimum atomic E-state index is -1.45. The zero-order chi connectivity index (χ0) is 44.9. The Bertz CT molecular complexity index is 3320. The number of benzene rings is 6. The molecule has 0 radical (unpaired) electrons. The van der Waals surface area contributed by atoms with Gasteiger partial charge in [0, 0.05) is 82.1 Å². The summed E-state index contributed by atoms with van der Waals surface area (Å²) in [7, 11) is 5.50. The molecule has 16 heteroatoms. The van der Waals surface area contributed by atoms with Crippen LogP contribution in [0.25, 0.3) is 66.8 Å². The van der Waals surface area contributed by atoms with Gasteiger partial charge in [0.25, 0.3) is 5.91 Å². The van der Waals surface area contributed by atoms with E-state index in [1.165, 1.54) is 36.4 Å². The number of nitrogens with one attached hydrogen (secondary N) is 3. The van der Waals surface area contributed by atoms with Crippen LogP contribution in [-0.4, -0.2) is 66.8 Å². The monoisotopic (exact) mass is 885 g/mol. The highest BCUT2D eigenvalue weighted by atomic mass is 35.5. The van der Waals surface area contributed by atoms with Crippen LogP contribution in [0.5, 0.6) is 5.75 Å². The van der Waals surface area contributed by atoms with Gasteiger partial charge in [0.1, 0.15) is 42.5 Å². The number of carbonyl (C=O) groups excluding carboxylic acids is 2. The first kappa shape index (κ1) is 42.0. The average molecular weight is 887 g/mol. The van der Waals surface area contributed by atoms with E-state index in [4.69, 9.17) is 32.0 Å². The lowest BCUT2D eigenvalue weighted by Crippen LogP contribution is -2.36. The zero-order valence-electron chi connectivity index (χ0n) is 33.6. The van der Waals surface area contributed by atoms with Crippen LogP contribution in [0.15, 0.2) is 111 Å². The quantitative estimate of drug-likeness (QED) is 0.0581. The molecule has 2 aliphatic carbocycles. The van der Waals surface area contributed by atoms with E-state index in [-0.39, 0.29) is 50.8 Å². The molecule has 6 N–H and O–H groups in total. The Morgan fingerprint density at radius 3 is 2.06 bits per heavy atom. The third kappa shape index (κ3) is 7.89. The Hall–Kier alpha value is -7.68. The molecule has 0 bridgehead atoms. The van der Waals surface area contributed by atoms with Gasteiger partial charge in [0.05, 0.1) is 39.3 Å². The summed E-state index contributed by atoms with van der Waals surface area (Å²) in [6, 6.07) is 25.2. The minimum absolute atomic E-state index is 0.0651. The predicted molar refractivity (Wildman–Crippen MR) is 239 cm³/mol. The maximum absolute atomic E-state index is 13.6. The van der Waals surface area contributed by atoms with Crippen molar-refractivity contribution in [1.29, 1.82) is 0 Å². The number of carboxylic acid groups (broad SMARTS) is 2. The van der Waals surface area contributed by atoms with E-state index in [2.05, 4.69) is 16.0 Å². The lowest BCUT2D eigenvalue weighted by molar-refractivity contribution is -0.120. The molecule has 0 atom stereocenters. The molecule has 4 aliphatic rings. The Balaban J connectivity index is 1.06. The van der Waals surface area contributed by atoms with Gasteiger partial charge in [-0.25, -0.2) is 14.2 Å². The van der Waals surface area contributed by atoms with E-state index in [0.29, 0.717) is 55.5 Å². The third-order valence-corrected chi connectivity index (χ3v) is 11.3. The molecule has 2 aliphatic heterocycles. The molecule has 0 spiro atoms. The number of hydrogen-bond acceptors (Lipinski definition) is 9. The van der Waals surface area contributed by atoms with Gasteiger partial charge in [-0.15, -0.1) is 0 Å². The van der Waals surface area contributed by atoms with Crippen molar-refractivity contribution in [2.75, 3.05) is 33.0 Å². The molecular formula is C47H35Cl2N4O10+. The van der Waals surface area contributed by atoms with Gasteiger partial charge in [-0.2, -0.15) is 0 Å². The maximum atomic E-state index is 13.6. The van der Waals surface area contributed by atoms with Gasteiger partial charge in [0.15, 0.2) is 5.43 Å². The highest BCUT2D eigenvalue weighted by molar-refractivity contribution is 6.41. The molecule has 63 heavy (non-hydrogen) atoms. The van der Waals surface area contributed by atoms with Crippen LogP contribution in [0, 0.1) is 0 Å². The number of anilines is 1. The van der Waals surface area contributed by atoms with Crippen LogP contribution in [0.3, 0.4) is 0 Å². The minimum Gasteiger partial charge on any atom is -0.508 e. The molecule has 14 nitrogen and oxygen atoms in total. The Labute approximate surface area is 366 Å². The molecule has 8 rings (SSSR count). The van der Waals surface area contributed by atoms with Crippen LogP contribution < -0.4 is 31.3 Å². The van der Waals surface area contributed by atoms with Gasteiger partial charge in [-0.05, 0) is 65.7 Å².